The Bertz CT molecular complexity index is 374. The van der Waals surface area contributed by atoms with Gasteiger partial charge in [0, 0.05) is 12.1 Å². The Kier molecular flexibility index (Phi) is 8.24. The summed E-state index contributed by atoms with van der Waals surface area (Å²) in [4.78, 5) is 0. The van der Waals surface area contributed by atoms with Gasteiger partial charge in [-0.15, -0.1) is 0 Å². The van der Waals surface area contributed by atoms with Gasteiger partial charge in [-0.1, -0.05) is 63.5 Å². The van der Waals surface area contributed by atoms with E-state index in [0.29, 0.717) is 11.1 Å². The smallest absolute Gasteiger partial charge is 0.0834 e. The molecule has 1 heterocycles. The highest BCUT2D eigenvalue weighted by Crippen LogP contribution is 2.27. The van der Waals surface area contributed by atoms with Crippen molar-refractivity contribution in [2.45, 2.75) is 84.2 Å². The van der Waals surface area contributed by atoms with Crippen LogP contribution in [0, 0.1) is 0 Å². The van der Waals surface area contributed by atoms with Crippen LogP contribution in [0.4, 0.5) is 0 Å². The van der Waals surface area contributed by atoms with Crippen molar-refractivity contribution in [1.29, 1.82) is 0 Å². The van der Waals surface area contributed by atoms with Gasteiger partial charge in [0.2, 0.25) is 0 Å². The number of rotatable bonds is 10. The molecule has 0 saturated carbocycles. The molecule has 20 heavy (non-hydrogen) atoms. The molecule has 0 amide bonds. The molecule has 0 radical (unpaired) electrons. The molecule has 3 nitrogen and oxygen atoms in total. The lowest BCUT2D eigenvalue weighted by atomic mass is 10.0. The Hall–Kier alpha value is -0.540. The second kappa shape index (κ2) is 9.41. The van der Waals surface area contributed by atoms with E-state index >= 15 is 0 Å². The highest BCUT2D eigenvalue weighted by molar-refractivity contribution is 6.31. The molecule has 1 aromatic rings. The Balaban J connectivity index is 2.32. The minimum atomic E-state index is 0.00282. The van der Waals surface area contributed by atoms with Gasteiger partial charge in [0.05, 0.1) is 16.9 Å². The maximum Gasteiger partial charge on any atom is 0.0834 e. The molecule has 0 bridgehead atoms. The van der Waals surface area contributed by atoms with Crippen LogP contribution in [-0.4, -0.2) is 9.78 Å². The molecule has 0 aliphatic heterocycles. The van der Waals surface area contributed by atoms with Crippen molar-refractivity contribution in [3.63, 3.8) is 0 Å². The van der Waals surface area contributed by atoms with Crippen LogP contribution in [0.25, 0.3) is 0 Å². The predicted octanol–water partition coefficient (Wildman–Crippen LogP) is 5.26. The van der Waals surface area contributed by atoms with E-state index in [-0.39, 0.29) is 6.04 Å². The normalized spacial score (nSPS) is 13.1. The fraction of sp³-hybridized carbons (Fsp3) is 0.812. The zero-order valence-corrected chi connectivity index (χ0v) is 14.0. The van der Waals surface area contributed by atoms with Crippen molar-refractivity contribution < 1.29 is 0 Å². The van der Waals surface area contributed by atoms with Crippen molar-refractivity contribution in [3.8, 4) is 0 Å². The summed E-state index contributed by atoms with van der Waals surface area (Å²) in [6.45, 7) is 6.46. The van der Waals surface area contributed by atoms with Crippen LogP contribution in [0.2, 0.25) is 5.02 Å². The first-order valence-electron chi connectivity index (χ1n) is 8.06. The minimum Gasteiger partial charge on any atom is -0.323 e. The van der Waals surface area contributed by atoms with E-state index in [1.54, 1.807) is 6.20 Å². The zero-order valence-electron chi connectivity index (χ0n) is 13.2. The summed E-state index contributed by atoms with van der Waals surface area (Å²) in [5.74, 6) is 0. The topological polar surface area (TPSA) is 43.8 Å². The number of hydrogen-bond donors (Lipinski definition) is 1. The largest absolute Gasteiger partial charge is 0.323 e. The Morgan fingerprint density at radius 3 is 2.35 bits per heavy atom. The minimum absolute atomic E-state index is 0.00282. The third-order valence-corrected chi connectivity index (χ3v) is 4.04. The lowest BCUT2D eigenvalue weighted by Crippen LogP contribution is -2.18. The fourth-order valence-electron chi connectivity index (χ4n) is 2.57. The summed E-state index contributed by atoms with van der Waals surface area (Å²) in [6, 6.07) is 0.306. The van der Waals surface area contributed by atoms with Crippen LogP contribution in [-0.2, 0) is 0 Å². The molecule has 1 aromatic heterocycles. The quantitative estimate of drug-likeness (QED) is 0.599. The molecule has 1 unspecified atom stereocenters. The first-order chi connectivity index (χ1) is 9.57. The molecular weight excluding hydrogens is 270 g/mol. The number of nitrogens with zero attached hydrogens (tertiary/aromatic N) is 2. The number of aromatic nitrogens is 2. The number of halogens is 1. The predicted molar refractivity (Wildman–Crippen MR) is 87.2 cm³/mol. The van der Waals surface area contributed by atoms with Crippen molar-refractivity contribution in [3.05, 3.63) is 16.9 Å². The van der Waals surface area contributed by atoms with Gasteiger partial charge in [0.15, 0.2) is 0 Å². The van der Waals surface area contributed by atoms with E-state index in [2.05, 4.69) is 25.9 Å². The third kappa shape index (κ3) is 5.45. The second-order valence-electron chi connectivity index (χ2n) is 5.93. The Morgan fingerprint density at radius 1 is 1.15 bits per heavy atom. The first kappa shape index (κ1) is 17.5. The number of hydrogen-bond acceptors (Lipinski definition) is 2. The van der Waals surface area contributed by atoms with E-state index in [0.717, 1.165) is 12.1 Å². The lowest BCUT2D eigenvalue weighted by molar-refractivity contribution is 0.464. The molecule has 0 saturated heterocycles. The Morgan fingerprint density at radius 2 is 1.75 bits per heavy atom. The van der Waals surface area contributed by atoms with Crippen LogP contribution in [0.3, 0.4) is 0 Å². The van der Waals surface area contributed by atoms with Crippen LogP contribution >= 0.6 is 11.6 Å². The van der Waals surface area contributed by atoms with E-state index in [4.69, 9.17) is 17.3 Å². The molecule has 0 aliphatic rings. The van der Waals surface area contributed by atoms with Crippen LogP contribution in [0.5, 0.6) is 0 Å². The standard InChI is InChI=1S/C16H30ClN3/c1-4-5-6-7-8-9-10-11-15(18)16-14(17)12-19-20(16)13(2)3/h12-13,15H,4-11,18H2,1-3H3. The number of nitrogens with two attached hydrogens (primary N) is 1. The molecule has 0 aliphatic carbocycles. The van der Waals surface area contributed by atoms with E-state index < -0.39 is 0 Å². The second-order valence-corrected chi connectivity index (χ2v) is 6.34. The molecule has 1 rings (SSSR count). The first-order valence-corrected chi connectivity index (χ1v) is 8.44. The van der Waals surface area contributed by atoms with Crippen molar-refractivity contribution in [1.82, 2.24) is 9.78 Å². The van der Waals surface area contributed by atoms with E-state index in [1.807, 2.05) is 4.68 Å². The van der Waals surface area contributed by atoms with Gasteiger partial charge in [-0.2, -0.15) is 5.10 Å². The Labute approximate surface area is 128 Å². The summed E-state index contributed by atoms with van der Waals surface area (Å²) in [7, 11) is 0. The molecular formula is C16H30ClN3. The van der Waals surface area contributed by atoms with Gasteiger partial charge in [0.25, 0.3) is 0 Å². The highest BCUT2D eigenvalue weighted by Gasteiger charge is 2.18. The molecule has 0 aromatic carbocycles. The molecule has 1 atom stereocenters. The van der Waals surface area contributed by atoms with Gasteiger partial charge >= 0.3 is 0 Å². The SMILES string of the molecule is CCCCCCCCCC(N)c1c(Cl)cnn1C(C)C. The van der Waals surface area contributed by atoms with Gasteiger partial charge < -0.3 is 5.73 Å². The van der Waals surface area contributed by atoms with Crippen LogP contribution in [0.1, 0.15) is 89.9 Å². The summed E-state index contributed by atoms with van der Waals surface area (Å²) >= 11 is 6.22. The average Bonchev–Trinajstić information content (AvgIpc) is 2.79. The molecule has 0 spiro atoms. The average molecular weight is 300 g/mol. The van der Waals surface area contributed by atoms with Gasteiger partial charge in [-0.05, 0) is 20.3 Å². The van der Waals surface area contributed by atoms with Crippen molar-refractivity contribution in [2.24, 2.45) is 5.73 Å². The fourth-order valence-corrected chi connectivity index (χ4v) is 2.84. The van der Waals surface area contributed by atoms with Gasteiger partial charge in [-0.3, -0.25) is 4.68 Å². The summed E-state index contributed by atoms with van der Waals surface area (Å²) in [6.07, 6.45) is 11.9. The van der Waals surface area contributed by atoms with Crippen LogP contribution in [0.15, 0.2) is 6.20 Å². The molecule has 4 heteroatoms. The zero-order chi connectivity index (χ0) is 15.0. The summed E-state index contributed by atoms with van der Waals surface area (Å²) < 4.78 is 1.95. The number of unbranched alkanes of at least 4 members (excludes halogenated alkanes) is 6. The highest BCUT2D eigenvalue weighted by atomic mass is 35.5. The van der Waals surface area contributed by atoms with Gasteiger partial charge in [-0.25, -0.2) is 0 Å². The monoisotopic (exact) mass is 299 g/mol. The lowest BCUT2D eigenvalue weighted by Gasteiger charge is -2.17. The summed E-state index contributed by atoms with van der Waals surface area (Å²) in [5.41, 5.74) is 7.29. The van der Waals surface area contributed by atoms with Crippen molar-refractivity contribution in [2.75, 3.05) is 0 Å². The molecule has 0 fully saturated rings. The maximum atomic E-state index is 6.30. The van der Waals surface area contributed by atoms with E-state index in [9.17, 15) is 0 Å². The van der Waals surface area contributed by atoms with Crippen LogP contribution < -0.4 is 5.73 Å². The molecule has 116 valence electrons. The molecule has 2 N–H and O–H groups in total. The van der Waals surface area contributed by atoms with Crippen molar-refractivity contribution >= 4 is 11.6 Å². The van der Waals surface area contributed by atoms with Gasteiger partial charge in [0.1, 0.15) is 0 Å². The van der Waals surface area contributed by atoms with E-state index in [1.165, 1.54) is 44.9 Å². The maximum absolute atomic E-state index is 6.30. The third-order valence-electron chi connectivity index (χ3n) is 3.75. The summed E-state index contributed by atoms with van der Waals surface area (Å²) in [5, 5.41) is 5.02.